The molecule has 0 unspecified atom stereocenters. The number of hydrogen-bond acceptors (Lipinski definition) is 10. The zero-order valence-electron chi connectivity index (χ0n) is 22.6. The van der Waals surface area contributed by atoms with Gasteiger partial charge in [0, 0.05) is 28.6 Å². The zero-order chi connectivity index (χ0) is 29.8. The van der Waals surface area contributed by atoms with Crippen LogP contribution in [0.3, 0.4) is 0 Å². The second-order valence-electron chi connectivity index (χ2n) is 9.13. The molecule has 6 rings (SSSR count). The SMILES string of the molecule is COc1ccc(-c2csc(N3N=C(c4ccc([N+](=O)[O-])cc4)C(=NNc4ccc(Oc5ccccc5)cc4)C3=O)n2)cc1. The van der Waals surface area contributed by atoms with E-state index in [1.807, 2.05) is 60.0 Å². The lowest BCUT2D eigenvalue weighted by Crippen LogP contribution is -2.28. The molecule has 0 bridgehead atoms. The van der Waals surface area contributed by atoms with Crippen LogP contribution < -0.4 is 19.9 Å². The smallest absolute Gasteiger partial charge is 0.303 e. The molecule has 1 aromatic heterocycles. The number of anilines is 2. The van der Waals surface area contributed by atoms with Gasteiger partial charge in [-0.15, -0.1) is 11.3 Å². The summed E-state index contributed by atoms with van der Waals surface area (Å²) in [7, 11) is 1.60. The number of ether oxygens (including phenoxy) is 2. The molecule has 1 N–H and O–H groups in total. The first kappa shape index (κ1) is 27.3. The molecule has 0 radical (unpaired) electrons. The highest BCUT2D eigenvalue weighted by Gasteiger charge is 2.36. The molecule has 5 aromatic rings. The quantitative estimate of drug-likeness (QED) is 0.149. The lowest BCUT2D eigenvalue weighted by Gasteiger charge is -2.08. The number of aromatic nitrogens is 1. The Morgan fingerprint density at radius 1 is 0.860 bits per heavy atom. The zero-order valence-corrected chi connectivity index (χ0v) is 23.4. The summed E-state index contributed by atoms with van der Waals surface area (Å²) in [5.74, 6) is 1.57. The number of nitro groups is 1. The summed E-state index contributed by atoms with van der Waals surface area (Å²) >= 11 is 1.25. The molecule has 12 heteroatoms. The summed E-state index contributed by atoms with van der Waals surface area (Å²) < 4.78 is 11.1. The van der Waals surface area contributed by atoms with Crippen molar-refractivity contribution in [2.24, 2.45) is 10.2 Å². The molecule has 1 amide bonds. The molecular weight excluding hydrogens is 568 g/mol. The number of carbonyl (C=O) groups excluding carboxylic acids is 1. The van der Waals surface area contributed by atoms with Gasteiger partial charge in [0.1, 0.15) is 23.0 Å². The highest BCUT2D eigenvalue weighted by atomic mass is 32.1. The molecule has 1 aliphatic rings. The number of rotatable bonds is 9. The summed E-state index contributed by atoms with van der Waals surface area (Å²) in [5.41, 5.74) is 5.73. The lowest BCUT2D eigenvalue weighted by atomic mass is 10.1. The van der Waals surface area contributed by atoms with E-state index in [4.69, 9.17) is 9.47 Å². The van der Waals surface area contributed by atoms with E-state index >= 15 is 0 Å². The number of methoxy groups -OCH3 is 1. The van der Waals surface area contributed by atoms with Crippen LogP contribution in [0.5, 0.6) is 17.2 Å². The van der Waals surface area contributed by atoms with Crippen LogP contribution in [0.15, 0.2) is 119 Å². The summed E-state index contributed by atoms with van der Waals surface area (Å²) in [4.78, 5) is 29.0. The van der Waals surface area contributed by atoms with Crippen molar-refractivity contribution in [2.45, 2.75) is 0 Å². The Labute approximate surface area is 249 Å². The van der Waals surface area contributed by atoms with Crippen molar-refractivity contribution in [3.05, 3.63) is 124 Å². The predicted octanol–water partition coefficient (Wildman–Crippen LogP) is 6.74. The van der Waals surface area contributed by atoms with E-state index in [1.54, 1.807) is 31.4 Å². The van der Waals surface area contributed by atoms with Crippen LogP contribution in [0.25, 0.3) is 11.3 Å². The average molecular weight is 591 g/mol. The summed E-state index contributed by atoms with van der Waals surface area (Å²) in [6, 6.07) is 29.7. The van der Waals surface area contributed by atoms with E-state index in [0.717, 1.165) is 11.3 Å². The average Bonchev–Trinajstić information content (AvgIpc) is 3.66. The topological polar surface area (TPSA) is 132 Å². The number of hydrazone groups is 2. The first-order valence-corrected chi connectivity index (χ1v) is 13.8. The molecule has 0 saturated heterocycles. The van der Waals surface area contributed by atoms with E-state index in [-0.39, 0.29) is 17.1 Å². The summed E-state index contributed by atoms with van der Waals surface area (Å²) in [6.07, 6.45) is 0. The number of nitro benzene ring substituents is 1. The number of amides is 1. The molecule has 43 heavy (non-hydrogen) atoms. The number of para-hydroxylation sites is 1. The third-order valence-corrected chi connectivity index (χ3v) is 7.18. The van der Waals surface area contributed by atoms with Gasteiger partial charge < -0.3 is 9.47 Å². The highest BCUT2D eigenvalue weighted by molar-refractivity contribution is 7.14. The number of benzene rings is 4. The molecule has 0 spiro atoms. The summed E-state index contributed by atoms with van der Waals surface area (Å²) in [5, 5.41) is 23.5. The minimum Gasteiger partial charge on any atom is -0.497 e. The van der Waals surface area contributed by atoms with Crippen LogP contribution in [-0.4, -0.2) is 34.3 Å². The van der Waals surface area contributed by atoms with Crippen LogP contribution in [0.4, 0.5) is 16.5 Å². The van der Waals surface area contributed by atoms with E-state index in [0.29, 0.717) is 33.6 Å². The maximum absolute atomic E-state index is 13.6. The summed E-state index contributed by atoms with van der Waals surface area (Å²) in [6.45, 7) is 0. The number of hydrogen-bond donors (Lipinski definition) is 1. The maximum Gasteiger partial charge on any atom is 0.303 e. The largest absolute Gasteiger partial charge is 0.497 e. The minimum atomic E-state index is -0.500. The van der Waals surface area contributed by atoms with Gasteiger partial charge in [-0.05, 0) is 72.8 Å². The van der Waals surface area contributed by atoms with Crippen LogP contribution >= 0.6 is 11.3 Å². The Kier molecular flexibility index (Phi) is 7.57. The van der Waals surface area contributed by atoms with Crippen molar-refractivity contribution in [3.8, 4) is 28.5 Å². The maximum atomic E-state index is 13.6. The first-order chi connectivity index (χ1) is 21.0. The fourth-order valence-corrected chi connectivity index (χ4v) is 4.94. The van der Waals surface area contributed by atoms with E-state index < -0.39 is 10.8 Å². The molecule has 0 saturated carbocycles. The third kappa shape index (κ3) is 5.94. The number of nitrogens with zero attached hydrogens (tertiary/aromatic N) is 5. The number of nitrogens with one attached hydrogen (secondary N) is 1. The molecule has 11 nitrogen and oxygen atoms in total. The van der Waals surface area contributed by atoms with Crippen molar-refractivity contribution < 1.29 is 19.2 Å². The molecule has 212 valence electrons. The van der Waals surface area contributed by atoms with Gasteiger partial charge in [-0.1, -0.05) is 18.2 Å². The van der Waals surface area contributed by atoms with E-state index in [2.05, 4.69) is 20.6 Å². The monoisotopic (exact) mass is 590 g/mol. The van der Waals surface area contributed by atoms with Gasteiger partial charge in [0.05, 0.1) is 23.4 Å². The Hall–Kier alpha value is -5.88. The fraction of sp³-hybridized carbons (Fsp3) is 0.0323. The second-order valence-corrected chi connectivity index (χ2v) is 9.96. The van der Waals surface area contributed by atoms with Gasteiger partial charge in [-0.2, -0.15) is 15.2 Å². The van der Waals surface area contributed by atoms with Crippen LogP contribution in [0.1, 0.15) is 5.56 Å². The molecule has 0 atom stereocenters. The lowest BCUT2D eigenvalue weighted by molar-refractivity contribution is -0.384. The molecule has 0 aliphatic carbocycles. The van der Waals surface area contributed by atoms with Gasteiger partial charge in [0.15, 0.2) is 5.71 Å². The van der Waals surface area contributed by atoms with Crippen molar-refractivity contribution in [3.63, 3.8) is 0 Å². The molecular formula is C31H22N6O5S. The Morgan fingerprint density at radius 3 is 2.19 bits per heavy atom. The van der Waals surface area contributed by atoms with Crippen molar-refractivity contribution in [2.75, 3.05) is 17.5 Å². The first-order valence-electron chi connectivity index (χ1n) is 12.9. The normalized spacial score (nSPS) is 13.6. The van der Waals surface area contributed by atoms with Crippen molar-refractivity contribution in [1.82, 2.24) is 4.98 Å². The third-order valence-electron chi connectivity index (χ3n) is 6.36. The van der Waals surface area contributed by atoms with Crippen LogP contribution in [-0.2, 0) is 4.79 Å². The van der Waals surface area contributed by atoms with Gasteiger partial charge >= 0.3 is 5.91 Å². The van der Waals surface area contributed by atoms with Crippen molar-refractivity contribution >= 4 is 45.2 Å². The molecule has 1 aliphatic heterocycles. The van der Waals surface area contributed by atoms with Gasteiger partial charge in [0.25, 0.3) is 5.69 Å². The van der Waals surface area contributed by atoms with Gasteiger partial charge in [-0.25, -0.2) is 4.98 Å². The highest BCUT2D eigenvalue weighted by Crippen LogP contribution is 2.31. The number of non-ortho nitro benzene ring substituents is 1. The Balaban J connectivity index is 1.28. The Bertz CT molecular complexity index is 1840. The van der Waals surface area contributed by atoms with Crippen LogP contribution in [0.2, 0.25) is 0 Å². The molecule has 4 aromatic carbocycles. The predicted molar refractivity (Wildman–Crippen MR) is 165 cm³/mol. The molecule has 0 fully saturated rings. The molecule has 2 heterocycles. The number of thiazole rings is 1. The van der Waals surface area contributed by atoms with Gasteiger partial charge in [-0.3, -0.25) is 20.3 Å². The second kappa shape index (κ2) is 11.9. The standard InChI is InChI=1S/C31H22N6O5S/c1-41-24-15-9-20(10-16-24)27-19-43-31(32-27)36-30(38)29(28(35-36)21-7-13-23(14-8-21)37(39)40)34-33-22-11-17-26(18-12-22)42-25-5-3-2-4-6-25/h2-19,33H,1H3. The van der Waals surface area contributed by atoms with Gasteiger partial charge in [0.2, 0.25) is 5.13 Å². The van der Waals surface area contributed by atoms with Crippen LogP contribution in [0, 0.1) is 10.1 Å². The Morgan fingerprint density at radius 2 is 1.51 bits per heavy atom. The van der Waals surface area contributed by atoms with E-state index in [9.17, 15) is 14.9 Å². The number of carbonyl (C=O) groups is 1. The fourth-order valence-electron chi connectivity index (χ4n) is 4.16. The van der Waals surface area contributed by atoms with E-state index in [1.165, 1.54) is 40.6 Å². The minimum absolute atomic E-state index is 0.0275. The van der Waals surface area contributed by atoms with Crippen molar-refractivity contribution in [1.29, 1.82) is 0 Å².